The van der Waals surface area contributed by atoms with Gasteiger partial charge in [0.1, 0.15) is 0 Å². The Labute approximate surface area is 54.7 Å². The molecule has 0 aromatic heterocycles. The molecule has 0 aromatic carbocycles. The summed E-state index contributed by atoms with van der Waals surface area (Å²) in [5.41, 5.74) is 0. The summed E-state index contributed by atoms with van der Waals surface area (Å²) in [5, 5.41) is 9.82. The van der Waals surface area contributed by atoms with E-state index in [2.05, 4.69) is 10.1 Å². The van der Waals surface area contributed by atoms with Gasteiger partial charge in [0.2, 0.25) is 5.90 Å². The predicted molar refractivity (Wildman–Crippen MR) is 34.6 cm³/mol. The Bertz CT molecular complexity index is 91.0. The van der Waals surface area contributed by atoms with Crippen LogP contribution in [0.25, 0.3) is 0 Å². The largest absolute Gasteiger partial charge is 0.482 e. The monoisotopic (exact) mass is 132 g/mol. The summed E-state index contributed by atoms with van der Waals surface area (Å²) in [5.74, 6) is 0.0833. The number of ether oxygens (including phenoxy) is 2. The van der Waals surface area contributed by atoms with Gasteiger partial charge in [-0.3, -0.25) is 10.7 Å². The molecule has 0 spiro atoms. The Morgan fingerprint density at radius 2 is 2.11 bits per heavy atom. The fraction of sp³-hybridized carbons (Fsp3) is 0.800. The number of rotatable bonds is 3. The van der Waals surface area contributed by atoms with Crippen LogP contribution in [0, 0.1) is 5.41 Å². The molecule has 0 bridgehead atoms. The number of hydrogen-bond donors (Lipinski definition) is 2. The third kappa shape index (κ3) is 2.43. The molecular weight excluding hydrogens is 120 g/mol. The fourth-order valence-electron chi connectivity index (χ4n) is 0.463. The molecule has 0 aromatic rings. The van der Waals surface area contributed by atoms with Crippen LogP contribution in [0.4, 0.5) is 0 Å². The Morgan fingerprint density at radius 3 is 2.22 bits per heavy atom. The summed E-state index contributed by atoms with van der Waals surface area (Å²) in [7, 11) is 4.64. The van der Waals surface area contributed by atoms with E-state index < -0.39 is 6.23 Å². The van der Waals surface area contributed by atoms with Crippen LogP contribution >= 0.6 is 0 Å². The highest BCUT2D eigenvalue weighted by Gasteiger charge is 2.09. The van der Waals surface area contributed by atoms with Crippen LogP contribution in [0.15, 0.2) is 0 Å². The third-order valence-electron chi connectivity index (χ3n) is 0.956. The molecule has 0 rings (SSSR count). The third-order valence-corrected chi connectivity index (χ3v) is 0.956. The average molecular weight is 132 g/mol. The smallest absolute Gasteiger partial charge is 0.225 e. The van der Waals surface area contributed by atoms with E-state index in [4.69, 9.17) is 10.1 Å². The van der Waals surface area contributed by atoms with E-state index in [1.54, 1.807) is 7.05 Å². The topological polar surface area (TPSA) is 54.3 Å². The minimum atomic E-state index is -0.421. The SMILES string of the molecule is CNC(OC)C(=N)OC. The maximum absolute atomic E-state index is 7.08. The van der Waals surface area contributed by atoms with E-state index in [1.807, 2.05) is 0 Å². The van der Waals surface area contributed by atoms with Gasteiger partial charge >= 0.3 is 0 Å². The lowest BCUT2D eigenvalue weighted by Crippen LogP contribution is -2.35. The summed E-state index contributed by atoms with van der Waals surface area (Å²) in [4.78, 5) is 0. The second kappa shape index (κ2) is 4.29. The molecule has 1 atom stereocenters. The Balaban J connectivity index is 3.64. The Morgan fingerprint density at radius 1 is 1.56 bits per heavy atom. The van der Waals surface area contributed by atoms with Crippen LogP contribution in [-0.4, -0.2) is 33.4 Å². The first kappa shape index (κ1) is 8.39. The van der Waals surface area contributed by atoms with Gasteiger partial charge in [0.25, 0.3) is 0 Å². The van der Waals surface area contributed by atoms with E-state index in [9.17, 15) is 0 Å². The van der Waals surface area contributed by atoms with Gasteiger partial charge in [-0.05, 0) is 7.05 Å². The first-order chi connectivity index (χ1) is 4.26. The van der Waals surface area contributed by atoms with Crippen molar-refractivity contribution in [3.63, 3.8) is 0 Å². The summed E-state index contributed by atoms with van der Waals surface area (Å²) in [6.45, 7) is 0. The molecular formula is C5H12N2O2. The summed E-state index contributed by atoms with van der Waals surface area (Å²) in [6.07, 6.45) is -0.421. The molecule has 0 saturated carbocycles. The molecule has 4 heteroatoms. The van der Waals surface area contributed by atoms with Gasteiger partial charge in [0.15, 0.2) is 6.23 Å². The highest BCUT2D eigenvalue weighted by molar-refractivity contribution is 5.76. The predicted octanol–water partition coefficient (Wildman–Crippen LogP) is -0.198. The minimum absolute atomic E-state index is 0.0833. The van der Waals surface area contributed by atoms with Crippen molar-refractivity contribution in [1.82, 2.24) is 5.32 Å². The number of likely N-dealkylation sites (N-methyl/N-ethyl adjacent to an activating group) is 1. The second-order valence-corrected chi connectivity index (χ2v) is 1.47. The van der Waals surface area contributed by atoms with Gasteiger partial charge in [0.05, 0.1) is 7.11 Å². The van der Waals surface area contributed by atoms with Gasteiger partial charge in [0, 0.05) is 7.11 Å². The molecule has 0 fully saturated rings. The van der Waals surface area contributed by atoms with Crippen molar-refractivity contribution >= 4 is 5.90 Å². The molecule has 0 aliphatic heterocycles. The van der Waals surface area contributed by atoms with Crippen molar-refractivity contribution in [2.24, 2.45) is 0 Å². The second-order valence-electron chi connectivity index (χ2n) is 1.47. The highest BCUT2D eigenvalue weighted by atomic mass is 16.5. The van der Waals surface area contributed by atoms with Crippen LogP contribution in [0.2, 0.25) is 0 Å². The van der Waals surface area contributed by atoms with Gasteiger partial charge in [-0.25, -0.2) is 0 Å². The lowest BCUT2D eigenvalue weighted by Gasteiger charge is -2.12. The zero-order valence-electron chi connectivity index (χ0n) is 5.89. The molecule has 0 heterocycles. The number of hydrogen-bond acceptors (Lipinski definition) is 4. The maximum Gasteiger partial charge on any atom is 0.225 e. The molecule has 1 unspecified atom stereocenters. The van der Waals surface area contributed by atoms with Gasteiger partial charge < -0.3 is 9.47 Å². The highest BCUT2D eigenvalue weighted by Crippen LogP contribution is 1.85. The van der Waals surface area contributed by atoms with Crippen molar-refractivity contribution in [2.75, 3.05) is 21.3 Å². The van der Waals surface area contributed by atoms with Crippen molar-refractivity contribution in [3.05, 3.63) is 0 Å². The molecule has 0 amide bonds. The zero-order valence-corrected chi connectivity index (χ0v) is 5.89. The minimum Gasteiger partial charge on any atom is -0.482 e. The van der Waals surface area contributed by atoms with E-state index in [0.29, 0.717) is 0 Å². The summed E-state index contributed by atoms with van der Waals surface area (Å²) >= 11 is 0. The van der Waals surface area contributed by atoms with Crippen LogP contribution in [0.3, 0.4) is 0 Å². The van der Waals surface area contributed by atoms with Crippen LogP contribution in [-0.2, 0) is 9.47 Å². The standard InChI is InChI=1S/C5H12N2O2/c1-7-5(9-3)4(6)8-2/h5-7H,1-3H3. The summed E-state index contributed by atoms with van der Waals surface area (Å²) in [6, 6.07) is 0. The first-order valence-corrected chi connectivity index (χ1v) is 2.58. The average Bonchev–Trinajstić information content (AvgIpc) is 1.90. The van der Waals surface area contributed by atoms with E-state index in [-0.39, 0.29) is 5.90 Å². The normalized spacial score (nSPS) is 12.8. The summed E-state index contributed by atoms with van der Waals surface area (Å²) < 4.78 is 9.38. The molecule has 0 saturated heterocycles. The molecule has 0 aliphatic carbocycles. The van der Waals surface area contributed by atoms with E-state index in [0.717, 1.165) is 0 Å². The van der Waals surface area contributed by atoms with E-state index in [1.165, 1.54) is 14.2 Å². The van der Waals surface area contributed by atoms with E-state index >= 15 is 0 Å². The molecule has 2 N–H and O–H groups in total. The molecule has 54 valence electrons. The fourth-order valence-corrected chi connectivity index (χ4v) is 0.463. The quantitative estimate of drug-likeness (QED) is 0.318. The zero-order chi connectivity index (χ0) is 7.28. The number of nitrogens with one attached hydrogen (secondary N) is 2. The number of methoxy groups -OCH3 is 2. The van der Waals surface area contributed by atoms with Crippen LogP contribution in [0.5, 0.6) is 0 Å². The molecule has 0 aliphatic rings. The van der Waals surface area contributed by atoms with Crippen molar-refractivity contribution in [3.8, 4) is 0 Å². The van der Waals surface area contributed by atoms with Gasteiger partial charge in [-0.2, -0.15) is 0 Å². The van der Waals surface area contributed by atoms with Crippen molar-refractivity contribution in [2.45, 2.75) is 6.23 Å². The van der Waals surface area contributed by atoms with Gasteiger partial charge in [-0.15, -0.1) is 0 Å². The van der Waals surface area contributed by atoms with Crippen LogP contribution in [0.1, 0.15) is 0 Å². The van der Waals surface area contributed by atoms with Crippen molar-refractivity contribution in [1.29, 1.82) is 5.41 Å². The molecule has 4 nitrogen and oxygen atoms in total. The molecule has 0 radical (unpaired) electrons. The Kier molecular flexibility index (Phi) is 4.00. The van der Waals surface area contributed by atoms with Crippen LogP contribution < -0.4 is 5.32 Å². The van der Waals surface area contributed by atoms with Gasteiger partial charge in [-0.1, -0.05) is 0 Å². The maximum atomic E-state index is 7.08. The molecule has 9 heavy (non-hydrogen) atoms. The first-order valence-electron chi connectivity index (χ1n) is 2.58. The lowest BCUT2D eigenvalue weighted by atomic mass is 10.5. The van der Waals surface area contributed by atoms with Crippen molar-refractivity contribution < 1.29 is 9.47 Å². The lowest BCUT2D eigenvalue weighted by molar-refractivity contribution is 0.112. The Hall–Kier alpha value is -0.610.